The number of nitrogens with zero attached hydrogens (tertiary/aromatic N) is 1. The number of nitrogens with one attached hydrogen (secondary N) is 1. The summed E-state index contributed by atoms with van der Waals surface area (Å²) < 4.78 is 11.3. The second kappa shape index (κ2) is 8.37. The van der Waals surface area contributed by atoms with Gasteiger partial charge in [0.2, 0.25) is 0 Å². The van der Waals surface area contributed by atoms with Gasteiger partial charge in [-0.05, 0) is 24.6 Å². The molecule has 0 radical (unpaired) electrons. The molecule has 0 amide bonds. The van der Waals surface area contributed by atoms with Crippen LogP contribution in [0.15, 0.2) is 24.3 Å². The van der Waals surface area contributed by atoms with Crippen LogP contribution in [-0.2, 0) is 11.3 Å². The number of rotatable bonds is 7. The number of ether oxygens (including phenoxy) is 2. The molecule has 1 aliphatic heterocycles. The molecule has 0 spiro atoms. The highest BCUT2D eigenvalue weighted by atomic mass is 16.5. The molecule has 1 saturated heterocycles. The van der Waals surface area contributed by atoms with Gasteiger partial charge < -0.3 is 14.8 Å². The van der Waals surface area contributed by atoms with Gasteiger partial charge in [0.05, 0.1) is 13.2 Å². The lowest BCUT2D eigenvalue weighted by atomic mass is 10.2. The van der Waals surface area contributed by atoms with Crippen LogP contribution < -0.4 is 10.1 Å². The number of hydrogen-bond donors (Lipinski definition) is 1. The van der Waals surface area contributed by atoms with E-state index >= 15 is 0 Å². The van der Waals surface area contributed by atoms with Crippen LogP contribution in [0.4, 0.5) is 0 Å². The molecular formula is C17H28N2O2. The zero-order valence-corrected chi connectivity index (χ0v) is 13.5. The first kappa shape index (κ1) is 16.3. The molecule has 1 aromatic rings. The first-order valence-electron chi connectivity index (χ1n) is 7.92. The van der Waals surface area contributed by atoms with Crippen molar-refractivity contribution in [3.63, 3.8) is 0 Å². The minimum Gasteiger partial charge on any atom is -0.492 e. The highest BCUT2D eigenvalue weighted by molar-refractivity contribution is 5.28. The van der Waals surface area contributed by atoms with Crippen LogP contribution in [0.2, 0.25) is 0 Å². The Morgan fingerprint density at radius 2 is 2.29 bits per heavy atom. The SMILES string of the molecule is CC(C)NCc1cccc(OCCN2CCOCC2C)c1. The molecule has 21 heavy (non-hydrogen) atoms. The van der Waals surface area contributed by atoms with E-state index in [1.807, 2.05) is 6.07 Å². The van der Waals surface area contributed by atoms with Crippen LogP contribution in [-0.4, -0.2) is 49.9 Å². The predicted octanol–water partition coefficient (Wildman–Crippen LogP) is 2.28. The van der Waals surface area contributed by atoms with Gasteiger partial charge in [-0.1, -0.05) is 26.0 Å². The average molecular weight is 292 g/mol. The minimum absolute atomic E-state index is 0.490. The largest absolute Gasteiger partial charge is 0.492 e. The summed E-state index contributed by atoms with van der Waals surface area (Å²) in [5, 5.41) is 3.42. The third-order valence-corrected chi connectivity index (χ3v) is 3.77. The van der Waals surface area contributed by atoms with Crippen molar-refractivity contribution in [2.24, 2.45) is 0 Å². The normalized spacial score (nSPS) is 19.9. The monoisotopic (exact) mass is 292 g/mol. The van der Waals surface area contributed by atoms with Crippen LogP contribution >= 0.6 is 0 Å². The lowest BCUT2D eigenvalue weighted by Crippen LogP contribution is -2.45. The van der Waals surface area contributed by atoms with Gasteiger partial charge in [0, 0.05) is 31.7 Å². The molecule has 2 rings (SSSR count). The molecule has 0 aromatic heterocycles. The third-order valence-electron chi connectivity index (χ3n) is 3.77. The van der Waals surface area contributed by atoms with Gasteiger partial charge in [-0.25, -0.2) is 0 Å². The summed E-state index contributed by atoms with van der Waals surface area (Å²) in [6, 6.07) is 9.33. The summed E-state index contributed by atoms with van der Waals surface area (Å²) in [6.45, 7) is 11.8. The van der Waals surface area contributed by atoms with E-state index in [4.69, 9.17) is 9.47 Å². The van der Waals surface area contributed by atoms with Crippen molar-refractivity contribution in [2.45, 2.75) is 39.4 Å². The van der Waals surface area contributed by atoms with Gasteiger partial charge in [-0.15, -0.1) is 0 Å². The Morgan fingerprint density at radius 3 is 3.05 bits per heavy atom. The van der Waals surface area contributed by atoms with Crippen LogP contribution in [0.3, 0.4) is 0 Å². The van der Waals surface area contributed by atoms with Gasteiger partial charge in [0.1, 0.15) is 12.4 Å². The Morgan fingerprint density at radius 1 is 1.43 bits per heavy atom. The molecule has 1 unspecified atom stereocenters. The van der Waals surface area contributed by atoms with Crippen molar-refractivity contribution in [1.29, 1.82) is 0 Å². The zero-order chi connectivity index (χ0) is 15.1. The molecule has 1 aliphatic rings. The summed E-state index contributed by atoms with van der Waals surface area (Å²) in [6.07, 6.45) is 0. The molecule has 1 heterocycles. The van der Waals surface area contributed by atoms with Crippen molar-refractivity contribution >= 4 is 0 Å². The summed E-state index contributed by atoms with van der Waals surface area (Å²) in [5.41, 5.74) is 1.26. The highest BCUT2D eigenvalue weighted by Gasteiger charge is 2.18. The standard InChI is InChI=1S/C17H28N2O2/c1-14(2)18-12-16-5-4-6-17(11-16)21-10-8-19-7-9-20-13-15(19)3/h4-6,11,14-15,18H,7-10,12-13H2,1-3H3. The molecule has 1 N–H and O–H groups in total. The van der Waals surface area contributed by atoms with Crippen molar-refractivity contribution in [1.82, 2.24) is 10.2 Å². The number of hydrogen-bond acceptors (Lipinski definition) is 4. The number of morpholine rings is 1. The maximum absolute atomic E-state index is 5.89. The average Bonchev–Trinajstić information content (AvgIpc) is 2.48. The van der Waals surface area contributed by atoms with Crippen LogP contribution in [0, 0.1) is 0 Å². The fraction of sp³-hybridized carbons (Fsp3) is 0.647. The Hall–Kier alpha value is -1.10. The Bertz CT molecular complexity index is 423. The van der Waals surface area contributed by atoms with E-state index in [0.717, 1.165) is 45.2 Å². The summed E-state index contributed by atoms with van der Waals surface area (Å²) >= 11 is 0. The van der Waals surface area contributed by atoms with Crippen molar-refractivity contribution < 1.29 is 9.47 Å². The Kier molecular flexibility index (Phi) is 6.49. The molecule has 1 aromatic carbocycles. The van der Waals surface area contributed by atoms with E-state index in [1.165, 1.54) is 5.56 Å². The van der Waals surface area contributed by atoms with Gasteiger partial charge >= 0.3 is 0 Å². The molecule has 0 aliphatic carbocycles. The molecule has 0 saturated carbocycles. The molecular weight excluding hydrogens is 264 g/mol. The molecule has 1 atom stereocenters. The fourth-order valence-electron chi connectivity index (χ4n) is 2.44. The van der Waals surface area contributed by atoms with Gasteiger partial charge in [-0.3, -0.25) is 4.90 Å². The first-order chi connectivity index (χ1) is 10.1. The smallest absolute Gasteiger partial charge is 0.119 e. The topological polar surface area (TPSA) is 33.7 Å². The summed E-state index contributed by atoms with van der Waals surface area (Å²) in [4.78, 5) is 2.42. The quantitative estimate of drug-likeness (QED) is 0.836. The van der Waals surface area contributed by atoms with Gasteiger partial charge in [0.15, 0.2) is 0 Å². The van der Waals surface area contributed by atoms with Crippen molar-refractivity contribution in [3.05, 3.63) is 29.8 Å². The Balaban J connectivity index is 1.76. The predicted molar refractivity (Wildman–Crippen MR) is 85.8 cm³/mol. The molecule has 0 bridgehead atoms. The fourth-order valence-corrected chi connectivity index (χ4v) is 2.44. The first-order valence-corrected chi connectivity index (χ1v) is 7.92. The lowest BCUT2D eigenvalue weighted by Gasteiger charge is -2.32. The third kappa shape index (κ3) is 5.65. The number of benzene rings is 1. The second-order valence-electron chi connectivity index (χ2n) is 5.99. The lowest BCUT2D eigenvalue weighted by molar-refractivity contribution is -0.00514. The Labute approximate surface area is 128 Å². The maximum Gasteiger partial charge on any atom is 0.119 e. The van der Waals surface area contributed by atoms with E-state index < -0.39 is 0 Å². The van der Waals surface area contributed by atoms with E-state index in [-0.39, 0.29) is 0 Å². The zero-order valence-electron chi connectivity index (χ0n) is 13.5. The van der Waals surface area contributed by atoms with E-state index in [9.17, 15) is 0 Å². The van der Waals surface area contributed by atoms with E-state index in [0.29, 0.717) is 12.1 Å². The van der Waals surface area contributed by atoms with E-state index in [2.05, 4.69) is 49.2 Å². The molecule has 4 heteroatoms. The van der Waals surface area contributed by atoms with Gasteiger partial charge in [0.25, 0.3) is 0 Å². The van der Waals surface area contributed by atoms with Crippen LogP contribution in [0.5, 0.6) is 5.75 Å². The summed E-state index contributed by atoms with van der Waals surface area (Å²) in [5.74, 6) is 0.957. The molecule has 4 nitrogen and oxygen atoms in total. The van der Waals surface area contributed by atoms with E-state index in [1.54, 1.807) is 0 Å². The highest BCUT2D eigenvalue weighted by Crippen LogP contribution is 2.14. The van der Waals surface area contributed by atoms with Crippen molar-refractivity contribution in [3.8, 4) is 5.75 Å². The molecule has 1 fully saturated rings. The van der Waals surface area contributed by atoms with Crippen LogP contribution in [0.25, 0.3) is 0 Å². The minimum atomic E-state index is 0.490. The van der Waals surface area contributed by atoms with Gasteiger partial charge in [-0.2, -0.15) is 0 Å². The summed E-state index contributed by atoms with van der Waals surface area (Å²) in [7, 11) is 0. The second-order valence-corrected chi connectivity index (χ2v) is 5.99. The maximum atomic E-state index is 5.89. The van der Waals surface area contributed by atoms with Crippen molar-refractivity contribution in [2.75, 3.05) is 32.9 Å². The van der Waals surface area contributed by atoms with Crippen LogP contribution in [0.1, 0.15) is 26.3 Å². The molecule has 118 valence electrons.